The van der Waals surface area contributed by atoms with E-state index in [1.54, 1.807) is 24.3 Å². The van der Waals surface area contributed by atoms with Gasteiger partial charge in [-0.2, -0.15) is 5.10 Å². The van der Waals surface area contributed by atoms with Crippen molar-refractivity contribution in [2.45, 2.75) is 26.5 Å². The maximum Gasteiger partial charge on any atom is 0.359 e. The van der Waals surface area contributed by atoms with Crippen LogP contribution in [-0.2, 0) is 16.1 Å². The molecule has 1 heterocycles. The molecule has 35 heavy (non-hydrogen) atoms. The van der Waals surface area contributed by atoms with Crippen LogP contribution < -0.4 is 10.9 Å². The van der Waals surface area contributed by atoms with Gasteiger partial charge in [0.2, 0.25) is 6.10 Å². The molecule has 4 rings (SSSR count). The molecule has 0 aliphatic rings. The third kappa shape index (κ3) is 5.89. The Balaban J connectivity index is 1.59. The number of rotatable bonds is 7. The minimum atomic E-state index is -1.21. The molecule has 1 amide bonds. The largest absolute Gasteiger partial charge is 0.442 e. The number of ether oxygens (including phenoxy) is 1. The zero-order chi connectivity index (χ0) is 24.8. The van der Waals surface area contributed by atoms with E-state index in [-0.39, 0.29) is 17.8 Å². The van der Waals surface area contributed by atoms with Gasteiger partial charge in [-0.05, 0) is 42.7 Å². The number of carbonyl (C=O) groups excluding carboxylic acids is 2. The first kappa shape index (κ1) is 23.6. The van der Waals surface area contributed by atoms with E-state index in [2.05, 4.69) is 10.4 Å². The van der Waals surface area contributed by atoms with Crippen molar-refractivity contribution in [2.75, 3.05) is 5.32 Å². The average molecular weight is 468 g/mol. The fourth-order valence-electron chi connectivity index (χ4n) is 3.56. The summed E-state index contributed by atoms with van der Waals surface area (Å²) in [5, 5.41) is 7.05. The summed E-state index contributed by atoms with van der Waals surface area (Å²) in [5.74, 6) is -1.30. The SMILES string of the molecule is Cc1ccc(C)c(NC(=O)C(OC(=O)c2ccc(=O)n(Cc3ccccc3)n2)c2ccccc2)c1. The first-order valence-corrected chi connectivity index (χ1v) is 11.2. The van der Waals surface area contributed by atoms with E-state index >= 15 is 0 Å². The summed E-state index contributed by atoms with van der Waals surface area (Å²) in [4.78, 5) is 38.6. The summed E-state index contributed by atoms with van der Waals surface area (Å²) in [6.07, 6.45) is -1.21. The molecule has 0 saturated heterocycles. The van der Waals surface area contributed by atoms with Crippen LogP contribution in [0.5, 0.6) is 0 Å². The molecule has 7 heteroatoms. The molecule has 3 aromatic carbocycles. The maximum atomic E-state index is 13.2. The van der Waals surface area contributed by atoms with Gasteiger partial charge in [0.15, 0.2) is 5.69 Å². The van der Waals surface area contributed by atoms with Crippen LogP contribution in [0.15, 0.2) is 95.8 Å². The van der Waals surface area contributed by atoms with Gasteiger partial charge in [-0.3, -0.25) is 9.59 Å². The molecular formula is C28H25N3O4. The third-order valence-corrected chi connectivity index (χ3v) is 5.47. The molecule has 1 aromatic heterocycles. The standard InChI is InChI=1S/C28H25N3O4/c1-19-13-14-20(2)24(17-19)29-27(33)26(22-11-7-4-8-12-22)35-28(34)23-15-16-25(32)31(30-23)18-21-9-5-3-6-10-21/h3-17,26H,18H2,1-2H3,(H,29,33). The predicted molar refractivity (Wildman–Crippen MR) is 133 cm³/mol. The Labute approximate surface area is 203 Å². The molecule has 0 aliphatic carbocycles. The number of hydrogen-bond acceptors (Lipinski definition) is 5. The molecule has 0 aliphatic heterocycles. The van der Waals surface area contributed by atoms with Gasteiger partial charge in [0, 0.05) is 17.3 Å². The number of benzene rings is 3. The quantitative estimate of drug-likeness (QED) is 0.406. The maximum absolute atomic E-state index is 13.2. The summed E-state index contributed by atoms with van der Waals surface area (Å²) in [7, 11) is 0. The van der Waals surface area contributed by atoms with Crippen LogP contribution in [0.2, 0.25) is 0 Å². The summed E-state index contributed by atoms with van der Waals surface area (Å²) in [6.45, 7) is 4.02. The van der Waals surface area contributed by atoms with Crippen molar-refractivity contribution >= 4 is 17.6 Å². The normalized spacial score (nSPS) is 11.5. The molecule has 1 atom stereocenters. The van der Waals surface area contributed by atoms with Crippen molar-refractivity contribution in [3.8, 4) is 0 Å². The lowest BCUT2D eigenvalue weighted by atomic mass is 10.1. The minimum Gasteiger partial charge on any atom is -0.442 e. The predicted octanol–water partition coefficient (Wildman–Crippen LogP) is 4.45. The second-order valence-corrected chi connectivity index (χ2v) is 8.20. The van der Waals surface area contributed by atoms with E-state index < -0.39 is 18.0 Å². The molecule has 7 nitrogen and oxygen atoms in total. The van der Waals surface area contributed by atoms with Gasteiger partial charge in [0.05, 0.1) is 6.54 Å². The van der Waals surface area contributed by atoms with Crippen LogP contribution in [0.3, 0.4) is 0 Å². The number of nitrogens with one attached hydrogen (secondary N) is 1. The Kier molecular flexibility index (Phi) is 7.16. The highest BCUT2D eigenvalue weighted by Gasteiger charge is 2.27. The first-order chi connectivity index (χ1) is 16.9. The second-order valence-electron chi connectivity index (χ2n) is 8.20. The number of nitrogens with zero attached hydrogens (tertiary/aromatic N) is 2. The summed E-state index contributed by atoms with van der Waals surface area (Å²) >= 11 is 0. The van der Waals surface area contributed by atoms with E-state index in [4.69, 9.17) is 4.74 Å². The molecule has 1 unspecified atom stereocenters. The Bertz CT molecular complexity index is 1400. The number of amides is 1. The zero-order valence-electron chi connectivity index (χ0n) is 19.5. The van der Waals surface area contributed by atoms with E-state index in [0.29, 0.717) is 11.3 Å². The van der Waals surface area contributed by atoms with E-state index in [9.17, 15) is 14.4 Å². The van der Waals surface area contributed by atoms with Gasteiger partial charge in [-0.1, -0.05) is 72.8 Å². The number of esters is 1. The number of hydrogen-bond donors (Lipinski definition) is 1. The van der Waals surface area contributed by atoms with Gasteiger partial charge < -0.3 is 10.1 Å². The van der Waals surface area contributed by atoms with Crippen LogP contribution >= 0.6 is 0 Å². The van der Waals surface area contributed by atoms with Gasteiger partial charge in [0.1, 0.15) is 0 Å². The van der Waals surface area contributed by atoms with Crippen molar-refractivity contribution in [3.05, 3.63) is 129 Å². The smallest absolute Gasteiger partial charge is 0.359 e. The monoisotopic (exact) mass is 467 g/mol. The van der Waals surface area contributed by atoms with E-state index in [0.717, 1.165) is 16.7 Å². The molecular weight excluding hydrogens is 442 g/mol. The van der Waals surface area contributed by atoms with E-state index in [1.807, 2.05) is 68.4 Å². The topological polar surface area (TPSA) is 90.3 Å². The molecule has 0 saturated carbocycles. The lowest BCUT2D eigenvalue weighted by Gasteiger charge is -2.19. The van der Waals surface area contributed by atoms with Crippen molar-refractivity contribution in [1.29, 1.82) is 0 Å². The number of aryl methyl sites for hydroxylation is 2. The lowest BCUT2D eigenvalue weighted by molar-refractivity contribution is -0.125. The molecule has 0 spiro atoms. The number of aromatic nitrogens is 2. The van der Waals surface area contributed by atoms with Crippen molar-refractivity contribution in [2.24, 2.45) is 0 Å². The van der Waals surface area contributed by atoms with Gasteiger partial charge in [-0.15, -0.1) is 0 Å². The number of anilines is 1. The Morgan fingerprint density at radius 3 is 2.31 bits per heavy atom. The van der Waals surface area contributed by atoms with Crippen LogP contribution in [0, 0.1) is 13.8 Å². The van der Waals surface area contributed by atoms with Crippen molar-refractivity contribution < 1.29 is 14.3 Å². The number of carbonyl (C=O) groups is 2. The third-order valence-electron chi connectivity index (χ3n) is 5.47. The molecule has 0 bridgehead atoms. The van der Waals surface area contributed by atoms with Crippen molar-refractivity contribution in [3.63, 3.8) is 0 Å². The Morgan fingerprint density at radius 2 is 1.60 bits per heavy atom. The van der Waals surface area contributed by atoms with Gasteiger partial charge in [0.25, 0.3) is 11.5 Å². The minimum absolute atomic E-state index is 0.0685. The molecule has 176 valence electrons. The van der Waals surface area contributed by atoms with Crippen LogP contribution in [0.25, 0.3) is 0 Å². The summed E-state index contributed by atoms with van der Waals surface area (Å²) in [5.41, 5.74) is 3.48. The Hall–Kier alpha value is -4.52. The van der Waals surface area contributed by atoms with E-state index in [1.165, 1.54) is 16.8 Å². The van der Waals surface area contributed by atoms with Gasteiger partial charge in [-0.25, -0.2) is 9.48 Å². The highest BCUT2D eigenvalue weighted by Crippen LogP contribution is 2.23. The Morgan fingerprint density at radius 1 is 0.914 bits per heavy atom. The summed E-state index contributed by atoms with van der Waals surface area (Å²) < 4.78 is 6.84. The fourth-order valence-corrected chi connectivity index (χ4v) is 3.56. The molecule has 4 aromatic rings. The summed E-state index contributed by atoms with van der Waals surface area (Å²) in [6, 6.07) is 26.4. The molecule has 0 fully saturated rings. The molecule has 0 radical (unpaired) electrons. The van der Waals surface area contributed by atoms with Crippen LogP contribution in [-0.4, -0.2) is 21.7 Å². The van der Waals surface area contributed by atoms with Crippen LogP contribution in [0.1, 0.15) is 38.8 Å². The first-order valence-electron chi connectivity index (χ1n) is 11.2. The highest BCUT2D eigenvalue weighted by atomic mass is 16.5. The highest BCUT2D eigenvalue weighted by molar-refractivity contribution is 5.98. The second kappa shape index (κ2) is 10.6. The zero-order valence-corrected chi connectivity index (χ0v) is 19.5. The van der Waals surface area contributed by atoms with Crippen LogP contribution in [0.4, 0.5) is 5.69 Å². The average Bonchev–Trinajstić information content (AvgIpc) is 2.87. The van der Waals surface area contributed by atoms with Crippen molar-refractivity contribution in [1.82, 2.24) is 9.78 Å². The lowest BCUT2D eigenvalue weighted by Crippen LogP contribution is -2.29. The van der Waals surface area contributed by atoms with Gasteiger partial charge >= 0.3 is 5.97 Å². The molecule has 1 N–H and O–H groups in total. The fraction of sp³-hybridized carbons (Fsp3) is 0.143.